The number of nitrogens with zero attached hydrogens (tertiary/aromatic N) is 5. The molecule has 2 heterocycles. The van der Waals surface area contributed by atoms with Gasteiger partial charge in [0.1, 0.15) is 40.5 Å². The van der Waals surface area contributed by atoms with Crippen molar-refractivity contribution >= 4 is 34.2 Å². The smallest absolute Gasteiger partial charge is 0.182 e. The van der Waals surface area contributed by atoms with Crippen molar-refractivity contribution in [2.75, 3.05) is 6.67 Å². The fourth-order valence-corrected chi connectivity index (χ4v) is 2.54. The molecule has 0 aliphatic carbocycles. The molecule has 3 rings (SSSR count). The Balaban J connectivity index is 2.10. The van der Waals surface area contributed by atoms with Crippen LogP contribution in [0.2, 0.25) is 0 Å². The van der Waals surface area contributed by atoms with Crippen molar-refractivity contribution in [1.82, 2.24) is 14.9 Å². The number of amidine groups is 1. The van der Waals surface area contributed by atoms with Crippen molar-refractivity contribution in [2.45, 2.75) is 6.54 Å². The quantitative estimate of drug-likeness (QED) is 0.325. The fourth-order valence-electron chi connectivity index (χ4n) is 2.38. The van der Waals surface area contributed by atoms with Gasteiger partial charge in [-0.3, -0.25) is 4.68 Å². The zero-order valence-corrected chi connectivity index (χ0v) is 15.8. The molecular weight excluding hydrogens is 411 g/mol. The van der Waals surface area contributed by atoms with Crippen LogP contribution in [0.3, 0.4) is 0 Å². The first-order chi connectivity index (χ1) is 13.5. The zero-order chi connectivity index (χ0) is 20.1. The van der Waals surface area contributed by atoms with E-state index in [-0.39, 0.29) is 34.2 Å². The molecule has 0 bridgehead atoms. The Bertz CT molecular complexity index is 1040. The average molecular weight is 424 g/mol. The SMILES string of the molecule is C=C(Cl)/N=C(\N=C(\Cl)CF)c1cc(-c2ccon2)n(Cc2ccccc2F)n1. The molecule has 28 heavy (non-hydrogen) atoms. The van der Waals surface area contributed by atoms with E-state index in [1.807, 2.05) is 0 Å². The maximum absolute atomic E-state index is 14.1. The van der Waals surface area contributed by atoms with Gasteiger partial charge in [0.25, 0.3) is 0 Å². The molecule has 0 spiro atoms. The molecule has 0 N–H and O–H groups in total. The number of hydrogen-bond donors (Lipinski definition) is 0. The van der Waals surface area contributed by atoms with Crippen molar-refractivity contribution in [2.24, 2.45) is 9.98 Å². The molecule has 10 heteroatoms. The highest BCUT2D eigenvalue weighted by Gasteiger charge is 2.18. The molecular formula is C18H13Cl2F2N5O. The minimum atomic E-state index is -0.985. The van der Waals surface area contributed by atoms with E-state index in [9.17, 15) is 8.78 Å². The summed E-state index contributed by atoms with van der Waals surface area (Å²) >= 11 is 11.4. The Hall–Kier alpha value is -2.84. The number of hydrogen-bond acceptors (Lipinski definition) is 4. The maximum atomic E-state index is 14.1. The summed E-state index contributed by atoms with van der Waals surface area (Å²) in [5.74, 6) is -0.424. The topological polar surface area (TPSA) is 68.6 Å². The summed E-state index contributed by atoms with van der Waals surface area (Å²) in [7, 11) is 0. The number of aliphatic imine (C=N–C) groups is 2. The van der Waals surface area contributed by atoms with Crippen LogP contribution in [-0.2, 0) is 6.54 Å². The van der Waals surface area contributed by atoms with Crippen LogP contribution in [0, 0.1) is 5.82 Å². The molecule has 6 nitrogen and oxygen atoms in total. The first-order valence-corrected chi connectivity index (χ1v) is 8.68. The number of aromatic nitrogens is 3. The van der Waals surface area contributed by atoms with E-state index in [4.69, 9.17) is 27.7 Å². The lowest BCUT2D eigenvalue weighted by Gasteiger charge is -2.06. The van der Waals surface area contributed by atoms with E-state index < -0.39 is 6.67 Å². The summed E-state index contributed by atoms with van der Waals surface area (Å²) in [6.07, 6.45) is 1.39. The second-order valence-corrected chi connectivity index (χ2v) is 6.35. The summed E-state index contributed by atoms with van der Waals surface area (Å²) in [4.78, 5) is 7.83. The molecule has 0 aliphatic rings. The van der Waals surface area contributed by atoms with Crippen molar-refractivity contribution in [1.29, 1.82) is 0 Å². The van der Waals surface area contributed by atoms with Gasteiger partial charge in [-0.1, -0.05) is 53.1 Å². The lowest BCUT2D eigenvalue weighted by molar-refractivity contribution is 0.421. The lowest BCUT2D eigenvalue weighted by Crippen LogP contribution is -2.08. The lowest BCUT2D eigenvalue weighted by atomic mass is 10.2. The Morgan fingerprint density at radius 3 is 2.64 bits per heavy atom. The van der Waals surface area contributed by atoms with Gasteiger partial charge in [0.05, 0.1) is 12.2 Å². The van der Waals surface area contributed by atoms with Gasteiger partial charge in [-0.2, -0.15) is 5.10 Å². The Morgan fingerprint density at radius 1 is 1.21 bits per heavy atom. The Labute approximate surface area is 168 Å². The van der Waals surface area contributed by atoms with Crippen LogP contribution < -0.4 is 0 Å². The van der Waals surface area contributed by atoms with E-state index in [2.05, 4.69) is 26.8 Å². The third kappa shape index (κ3) is 4.71. The molecule has 0 fully saturated rings. The van der Waals surface area contributed by atoms with E-state index in [1.165, 1.54) is 17.0 Å². The number of alkyl halides is 1. The monoisotopic (exact) mass is 423 g/mol. The van der Waals surface area contributed by atoms with Crippen LogP contribution in [-0.4, -0.2) is 32.6 Å². The van der Waals surface area contributed by atoms with Crippen molar-refractivity contribution in [3.63, 3.8) is 0 Å². The molecule has 2 aromatic heterocycles. The normalized spacial score (nSPS) is 12.4. The van der Waals surface area contributed by atoms with E-state index >= 15 is 0 Å². The summed E-state index contributed by atoms with van der Waals surface area (Å²) < 4.78 is 33.3. The molecule has 0 amide bonds. The van der Waals surface area contributed by atoms with E-state index in [1.54, 1.807) is 30.3 Å². The highest BCUT2D eigenvalue weighted by atomic mass is 35.5. The van der Waals surface area contributed by atoms with Gasteiger partial charge in [-0.15, -0.1) is 0 Å². The van der Waals surface area contributed by atoms with Crippen LogP contribution in [0.1, 0.15) is 11.3 Å². The summed E-state index contributed by atoms with van der Waals surface area (Å²) in [6.45, 7) is 2.59. The number of benzene rings is 1. The fraction of sp³-hybridized carbons (Fsp3) is 0.111. The van der Waals surface area contributed by atoms with E-state index in [0.717, 1.165) is 0 Å². The van der Waals surface area contributed by atoms with Crippen LogP contribution in [0.5, 0.6) is 0 Å². The summed E-state index contributed by atoms with van der Waals surface area (Å²) in [5, 5.41) is 7.86. The second-order valence-electron chi connectivity index (χ2n) is 5.48. The zero-order valence-electron chi connectivity index (χ0n) is 14.3. The minimum Gasteiger partial charge on any atom is -0.364 e. The molecule has 0 saturated carbocycles. The highest BCUT2D eigenvalue weighted by molar-refractivity contribution is 6.66. The third-order valence-corrected chi connectivity index (χ3v) is 3.82. The predicted octanol–water partition coefficient (Wildman–Crippen LogP) is 4.79. The van der Waals surface area contributed by atoms with Gasteiger partial charge in [0, 0.05) is 11.6 Å². The Morgan fingerprint density at radius 2 is 2.00 bits per heavy atom. The first kappa shape index (κ1) is 19.9. The van der Waals surface area contributed by atoms with Crippen LogP contribution >= 0.6 is 23.2 Å². The second kappa shape index (κ2) is 8.90. The maximum Gasteiger partial charge on any atom is 0.182 e. The molecule has 0 radical (unpaired) electrons. The number of rotatable bonds is 6. The summed E-state index contributed by atoms with van der Waals surface area (Å²) in [6, 6.07) is 9.50. The van der Waals surface area contributed by atoms with Gasteiger partial charge in [0.15, 0.2) is 5.84 Å². The highest BCUT2D eigenvalue weighted by Crippen LogP contribution is 2.22. The standard InChI is InChI=1S/C18H13Cl2F2N5O/c1-11(19)23-18(24-17(20)9-21)15-8-16(14-6-7-28-26-14)27(25-15)10-12-4-2-3-5-13(12)22/h2-8H,1,9-10H2/b23-18-,24-17+. The Kier molecular flexibility index (Phi) is 6.33. The number of halogens is 4. The molecule has 0 aliphatic heterocycles. The molecule has 1 aromatic carbocycles. The van der Waals surface area contributed by atoms with Crippen LogP contribution in [0.15, 0.2) is 68.9 Å². The molecule has 0 unspecified atom stereocenters. The average Bonchev–Trinajstić information content (AvgIpc) is 3.32. The van der Waals surface area contributed by atoms with Crippen molar-refractivity contribution in [3.8, 4) is 11.4 Å². The first-order valence-electron chi connectivity index (χ1n) is 7.92. The van der Waals surface area contributed by atoms with Gasteiger partial charge < -0.3 is 4.52 Å². The summed E-state index contributed by atoms with van der Waals surface area (Å²) in [5.41, 5.74) is 1.60. The van der Waals surface area contributed by atoms with Crippen molar-refractivity contribution in [3.05, 3.63) is 71.5 Å². The molecule has 144 valence electrons. The van der Waals surface area contributed by atoms with Gasteiger partial charge in [-0.05, 0) is 12.1 Å². The third-order valence-electron chi connectivity index (χ3n) is 3.55. The van der Waals surface area contributed by atoms with Crippen LogP contribution in [0.25, 0.3) is 11.4 Å². The van der Waals surface area contributed by atoms with Gasteiger partial charge in [0.2, 0.25) is 0 Å². The molecule has 0 saturated heterocycles. The largest absolute Gasteiger partial charge is 0.364 e. The van der Waals surface area contributed by atoms with Crippen LogP contribution in [0.4, 0.5) is 8.78 Å². The van der Waals surface area contributed by atoms with E-state index in [0.29, 0.717) is 17.0 Å². The molecule has 0 atom stereocenters. The van der Waals surface area contributed by atoms with Gasteiger partial charge >= 0.3 is 0 Å². The molecule has 3 aromatic rings. The minimum absolute atomic E-state index is 0.0420. The van der Waals surface area contributed by atoms with Crippen molar-refractivity contribution < 1.29 is 13.3 Å². The predicted molar refractivity (Wildman–Crippen MR) is 104 cm³/mol. The van der Waals surface area contributed by atoms with Gasteiger partial charge in [-0.25, -0.2) is 18.8 Å².